The molecule has 1 aliphatic rings. The van der Waals surface area contributed by atoms with Gasteiger partial charge in [-0.2, -0.15) is 0 Å². The topological polar surface area (TPSA) is 145 Å². The van der Waals surface area contributed by atoms with Gasteiger partial charge in [-0.1, -0.05) is 23.5 Å². The van der Waals surface area contributed by atoms with Gasteiger partial charge >= 0.3 is 0 Å². The zero-order valence-corrected chi connectivity index (χ0v) is 16.5. The summed E-state index contributed by atoms with van der Waals surface area (Å²) in [5.41, 5.74) is 0.596. The van der Waals surface area contributed by atoms with Gasteiger partial charge in [0.15, 0.2) is 6.61 Å². The average molecular weight is 439 g/mol. The van der Waals surface area contributed by atoms with E-state index in [0.717, 1.165) is 16.2 Å². The van der Waals surface area contributed by atoms with E-state index < -0.39 is 22.6 Å². The summed E-state index contributed by atoms with van der Waals surface area (Å²) in [6, 6.07) is 11.9. The highest BCUT2D eigenvalue weighted by molar-refractivity contribution is 7.15. The number of hydrogen-bond acceptors (Lipinski definition) is 9. The highest BCUT2D eigenvalue weighted by Crippen LogP contribution is 2.26. The number of amides is 3. The molecular weight excluding hydrogens is 426 g/mol. The summed E-state index contributed by atoms with van der Waals surface area (Å²) in [6.07, 6.45) is 0. The third kappa shape index (κ3) is 4.23. The number of rotatable bonds is 7. The number of anilines is 1. The first-order chi connectivity index (χ1) is 14.9. The molecule has 11 nitrogen and oxygen atoms in total. The van der Waals surface area contributed by atoms with Gasteiger partial charge in [-0.25, -0.2) is 0 Å². The Kier molecular flexibility index (Phi) is 5.37. The van der Waals surface area contributed by atoms with Crippen LogP contribution in [-0.2, 0) is 11.3 Å². The van der Waals surface area contributed by atoms with Gasteiger partial charge in [-0.15, -0.1) is 10.2 Å². The number of nitro groups is 1. The van der Waals surface area contributed by atoms with Gasteiger partial charge in [-0.3, -0.25) is 34.7 Å². The molecule has 0 saturated carbocycles. The molecule has 0 unspecified atom stereocenters. The Morgan fingerprint density at radius 1 is 1.06 bits per heavy atom. The molecule has 156 valence electrons. The second kappa shape index (κ2) is 8.28. The number of non-ortho nitro benzene ring substituents is 1. The van der Waals surface area contributed by atoms with Crippen molar-refractivity contribution < 1.29 is 24.0 Å². The number of carbonyl (C=O) groups is 3. The number of fused-ring (bicyclic) bond motifs is 1. The van der Waals surface area contributed by atoms with E-state index in [2.05, 4.69) is 15.5 Å². The lowest BCUT2D eigenvalue weighted by atomic mass is 10.1. The predicted molar refractivity (Wildman–Crippen MR) is 108 cm³/mol. The Labute approximate surface area is 178 Å². The van der Waals surface area contributed by atoms with E-state index >= 15 is 0 Å². The van der Waals surface area contributed by atoms with Crippen molar-refractivity contribution in [2.24, 2.45) is 0 Å². The van der Waals surface area contributed by atoms with Gasteiger partial charge in [0.1, 0.15) is 10.8 Å². The zero-order chi connectivity index (χ0) is 22.0. The lowest BCUT2D eigenvalue weighted by molar-refractivity contribution is -0.384. The lowest BCUT2D eigenvalue weighted by Crippen LogP contribution is -2.29. The number of benzene rings is 2. The maximum Gasteiger partial charge on any atom is 0.269 e. The summed E-state index contributed by atoms with van der Waals surface area (Å²) in [7, 11) is 0. The summed E-state index contributed by atoms with van der Waals surface area (Å²) < 4.78 is 5.28. The Hall–Kier alpha value is -4.19. The van der Waals surface area contributed by atoms with E-state index in [-0.39, 0.29) is 24.0 Å². The fraction of sp³-hybridized carbons (Fsp3) is 0.105. The van der Waals surface area contributed by atoms with Crippen LogP contribution in [0.1, 0.15) is 25.7 Å². The van der Waals surface area contributed by atoms with Crippen molar-refractivity contribution in [3.8, 4) is 5.75 Å². The largest absolute Gasteiger partial charge is 0.484 e. The normalized spacial score (nSPS) is 12.6. The number of nitrogens with one attached hydrogen (secondary N) is 1. The van der Waals surface area contributed by atoms with Crippen LogP contribution in [0.3, 0.4) is 0 Å². The fourth-order valence-electron chi connectivity index (χ4n) is 2.85. The summed E-state index contributed by atoms with van der Waals surface area (Å²) in [4.78, 5) is 48.0. The summed E-state index contributed by atoms with van der Waals surface area (Å²) in [6.45, 7) is -0.399. The molecule has 0 fully saturated rings. The fourth-order valence-corrected chi connectivity index (χ4v) is 3.60. The van der Waals surface area contributed by atoms with E-state index in [0.29, 0.717) is 21.9 Å². The molecule has 12 heteroatoms. The molecule has 0 atom stereocenters. The molecule has 2 aromatic carbocycles. The van der Waals surface area contributed by atoms with Crippen LogP contribution < -0.4 is 10.1 Å². The SMILES string of the molecule is O=C(COc1ccc([N+](=O)[O-])cc1)Nc1nnc(CN2C(=O)c3ccccc3C2=O)s1. The smallest absolute Gasteiger partial charge is 0.269 e. The monoisotopic (exact) mass is 439 g/mol. The number of imide groups is 1. The maximum absolute atomic E-state index is 12.4. The van der Waals surface area contributed by atoms with Crippen LogP contribution >= 0.6 is 11.3 Å². The van der Waals surface area contributed by atoms with E-state index in [1.54, 1.807) is 24.3 Å². The molecule has 1 aromatic heterocycles. The average Bonchev–Trinajstić information content (AvgIpc) is 3.31. The molecule has 4 rings (SSSR count). The van der Waals surface area contributed by atoms with Crippen molar-refractivity contribution in [3.63, 3.8) is 0 Å². The van der Waals surface area contributed by atoms with Crippen LogP contribution in [0, 0.1) is 10.1 Å². The highest BCUT2D eigenvalue weighted by atomic mass is 32.1. The molecule has 3 aromatic rings. The van der Waals surface area contributed by atoms with E-state index in [1.807, 2.05) is 0 Å². The molecule has 0 radical (unpaired) electrons. The lowest BCUT2D eigenvalue weighted by Gasteiger charge is -2.10. The Balaban J connectivity index is 1.32. The number of nitro benzene ring substituents is 1. The van der Waals surface area contributed by atoms with Crippen molar-refractivity contribution in [2.75, 3.05) is 11.9 Å². The molecule has 0 saturated heterocycles. The summed E-state index contributed by atoms with van der Waals surface area (Å²) in [5.74, 6) is -1.03. The maximum atomic E-state index is 12.4. The van der Waals surface area contributed by atoms with Crippen molar-refractivity contribution in [1.29, 1.82) is 0 Å². The number of nitrogens with zero attached hydrogens (tertiary/aromatic N) is 4. The van der Waals surface area contributed by atoms with Crippen LogP contribution in [0.25, 0.3) is 0 Å². The molecule has 1 N–H and O–H groups in total. The minimum Gasteiger partial charge on any atom is -0.484 e. The van der Waals surface area contributed by atoms with Crippen LogP contribution in [-0.4, -0.2) is 44.3 Å². The number of ether oxygens (including phenoxy) is 1. The van der Waals surface area contributed by atoms with Gasteiger partial charge in [-0.05, 0) is 24.3 Å². The molecule has 31 heavy (non-hydrogen) atoms. The number of aromatic nitrogens is 2. The third-order valence-electron chi connectivity index (χ3n) is 4.30. The van der Waals surface area contributed by atoms with Crippen molar-refractivity contribution >= 4 is 39.9 Å². The molecule has 3 amide bonds. The summed E-state index contributed by atoms with van der Waals surface area (Å²) in [5, 5.41) is 21.5. The Bertz CT molecular complexity index is 1160. The molecule has 0 bridgehead atoms. The number of carbonyl (C=O) groups excluding carboxylic acids is 3. The molecular formula is C19H13N5O6S. The zero-order valence-electron chi connectivity index (χ0n) is 15.7. The van der Waals surface area contributed by atoms with Gasteiger partial charge in [0.2, 0.25) is 5.13 Å². The van der Waals surface area contributed by atoms with Crippen molar-refractivity contribution in [2.45, 2.75) is 6.54 Å². The van der Waals surface area contributed by atoms with E-state index in [1.165, 1.54) is 24.3 Å². The number of hydrogen-bond donors (Lipinski definition) is 1. The van der Waals surface area contributed by atoms with Gasteiger partial charge in [0.05, 0.1) is 22.6 Å². The Morgan fingerprint density at radius 3 is 2.32 bits per heavy atom. The van der Waals surface area contributed by atoms with E-state index in [4.69, 9.17) is 4.74 Å². The second-order valence-electron chi connectivity index (χ2n) is 6.33. The molecule has 0 spiro atoms. The van der Waals surface area contributed by atoms with Crippen LogP contribution in [0.5, 0.6) is 5.75 Å². The quantitative estimate of drug-likeness (QED) is 0.335. The van der Waals surface area contributed by atoms with Crippen LogP contribution in [0.2, 0.25) is 0 Å². The molecule has 2 heterocycles. The molecule has 0 aliphatic carbocycles. The summed E-state index contributed by atoms with van der Waals surface area (Å²) >= 11 is 1.03. The van der Waals surface area contributed by atoms with Crippen molar-refractivity contribution in [1.82, 2.24) is 15.1 Å². The van der Waals surface area contributed by atoms with Gasteiger partial charge in [0.25, 0.3) is 23.4 Å². The first-order valence-corrected chi connectivity index (χ1v) is 9.69. The highest BCUT2D eigenvalue weighted by Gasteiger charge is 2.35. The minimum absolute atomic E-state index is 0.0564. The van der Waals surface area contributed by atoms with Crippen LogP contribution in [0.15, 0.2) is 48.5 Å². The van der Waals surface area contributed by atoms with Gasteiger partial charge < -0.3 is 4.74 Å². The standard InChI is InChI=1S/C19H13N5O6S/c25-15(10-30-12-7-5-11(6-8-12)24(28)29)20-19-22-21-16(31-19)9-23-17(26)13-3-1-2-4-14(13)18(23)27/h1-8H,9-10H2,(H,20,22,25). The predicted octanol–water partition coefficient (Wildman–Crippen LogP) is 2.26. The third-order valence-corrected chi connectivity index (χ3v) is 5.13. The second-order valence-corrected chi connectivity index (χ2v) is 7.39. The van der Waals surface area contributed by atoms with Crippen LogP contribution in [0.4, 0.5) is 10.8 Å². The minimum atomic E-state index is -0.536. The first kappa shape index (κ1) is 20.1. The van der Waals surface area contributed by atoms with Gasteiger partial charge in [0, 0.05) is 12.1 Å². The van der Waals surface area contributed by atoms with E-state index in [9.17, 15) is 24.5 Å². The Morgan fingerprint density at radius 2 is 1.71 bits per heavy atom. The first-order valence-electron chi connectivity index (χ1n) is 8.87. The molecule has 1 aliphatic heterocycles. The van der Waals surface area contributed by atoms with Crippen molar-refractivity contribution in [3.05, 3.63) is 74.8 Å².